The number of carbonyl (C=O) groups is 2. The van der Waals surface area contributed by atoms with Gasteiger partial charge < -0.3 is 14.5 Å². The van der Waals surface area contributed by atoms with Crippen LogP contribution in [-0.4, -0.2) is 71.3 Å². The molecule has 1 aromatic heterocycles. The number of amides is 2. The number of benzene rings is 1. The minimum absolute atomic E-state index is 0.104. The Morgan fingerprint density at radius 1 is 1.24 bits per heavy atom. The van der Waals surface area contributed by atoms with Gasteiger partial charge in [0.15, 0.2) is 0 Å². The zero-order chi connectivity index (χ0) is 21.2. The molecule has 0 radical (unpaired) electrons. The van der Waals surface area contributed by atoms with Gasteiger partial charge >= 0.3 is 6.18 Å². The molecule has 156 valence electrons. The Bertz CT molecular complexity index is 904. The lowest BCUT2D eigenvalue weighted by atomic mass is 10.2. The minimum atomic E-state index is -4.48. The fourth-order valence-electron chi connectivity index (χ4n) is 3.09. The molecule has 2 aromatic rings. The molecule has 0 unspecified atom stereocenters. The molecule has 1 fully saturated rings. The van der Waals surface area contributed by atoms with Crippen molar-refractivity contribution in [2.75, 3.05) is 39.9 Å². The molecular weight excluding hydrogens is 389 g/mol. The quantitative estimate of drug-likeness (QED) is 0.775. The number of hydrogen-bond donors (Lipinski definition) is 0. The van der Waals surface area contributed by atoms with E-state index in [0.29, 0.717) is 32.0 Å². The maximum Gasteiger partial charge on any atom is 0.416 e. The van der Waals surface area contributed by atoms with Gasteiger partial charge in [0.25, 0.3) is 5.91 Å². The predicted molar refractivity (Wildman–Crippen MR) is 97.7 cm³/mol. The van der Waals surface area contributed by atoms with Crippen molar-refractivity contribution in [3.63, 3.8) is 0 Å². The molecule has 29 heavy (non-hydrogen) atoms. The third kappa shape index (κ3) is 4.58. The summed E-state index contributed by atoms with van der Waals surface area (Å²) in [5.41, 5.74) is 0.00843. The van der Waals surface area contributed by atoms with Crippen LogP contribution in [0.2, 0.25) is 0 Å². The lowest BCUT2D eigenvalue weighted by Gasteiger charge is -2.28. The SMILES string of the molecule is Cc1c(C(=O)N(C)CC(=O)N2CCOCC2)cnn1-c1cccc(C(F)(F)F)c1. The third-order valence-electron chi connectivity index (χ3n) is 4.74. The van der Waals surface area contributed by atoms with Crippen LogP contribution in [0.3, 0.4) is 0 Å². The Hall–Kier alpha value is -2.88. The highest BCUT2D eigenvalue weighted by Gasteiger charge is 2.31. The zero-order valence-corrected chi connectivity index (χ0v) is 16.1. The largest absolute Gasteiger partial charge is 0.416 e. The topological polar surface area (TPSA) is 67.7 Å². The standard InChI is InChI=1S/C19H21F3N4O3/c1-13-16(18(28)24(2)12-17(27)25-6-8-29-9-7-25)11-23-26(13)15-5-3-4-14(10-15)19(20,21)22/h3-5,10-11H,6-9,12H2,1-2H3. The van der Waals surface area contributed by atoms with Crippen LogP contribution in [0.5, 0.6) is 0 Å². The van der Waals surface area contributed by atoms with Crippen LogP contribution in [0.25, 0.3) is 5.69 Å². The van der Waals surface area contributed by atoms with Crippen LogP contribution in [0, 0.1) is 6.92 Å². The number of nitrogens with zero attached hydrogens (tertiary/aromatic N) is 4. The molecule has 1 aromatic carbocycles. The van der Waals surface area contributed by atoms with Crippen LogP contribution in [0.4, 0.5) is 13.2 Å². The van der Waals surface area contributed by atoms with Gasteiger partial charge in [0.1, 0.15) is 0 Å². The summed E-state index contributed by atoms with van der Waals surface area (Å²) >= 11 is 0. The molecule has 1 aliphatic heterocycles. The van der Waals surface area contributed by atoms with E-state index in [-0.39, 0.29) is 23.7 Å². The van der Waals surface area contributed by atoms with Crippen molar-refractivity contribution < 1.29 is 27.5 Å². The van der Waals surface area contributed by atoms with Gasteiger partial charge in [-0.1, -0.05) is 6.07 Å². The Balaban J connectivity index is 1.76. The lowest BCUT2D eigenvalue weighted by Crippen LogP contribution is -2.46. The van der Waals surface area contributed by atoms with Crippen molar-refractivity contribution >= 4 is 11.8 Å². The van der Waals surface area contributed by atoms with Crippen LogP contribution < -0.4 is 0 Å². The first-order chi connectivity index (χ1) is 13.7. The van der Waals surface area contributed by atoms with E-state index < -0.39 is 17.6 Å². The molecular formula is C19H21F3N4O3. The molecule has 2 amide bonds. The number of halogens is 3. The summed E-state index contributed by atoms with van der Waals surface area (Å²) in [5.74, 6) is -0.616. The van der Waals surface area contributed by atoms with Crippen LogP contribution in [0.15, 0.2) is 30.5 Å². The normalized spacial score (nSPS) is 14.7. The van der Waals surface area contributed by atoms with E-state index in [1.54, 1.807) is 11.8 Å². The fraction of sp³-hybridized carbons (Fsp3) is 0.421. The highest BCUT2D eigenvalue weighted by Crippen LogP contribution is 2.30. The fourth-order valence-corrected chi connectivity index (χ4v) is 3.09. The molecule has 2 heterocycles. The van der Waals surface area contributed by atoms with Crippen LogP contribution >= 0.6 is 0 Å². The second kappa shape index (κ2) is 8.24. The van der Waals surface area contributed by atoms with Crippen molar-refractivity contribution in [2.24, 2.45) is 0 Å². The number of alkyl halides is 3. The number of likely N-dealkylation sites (N-methyl/N-ethyl adjacent to an activating group) is 1. The number of morpholine rings is 1. The third-order valence-corrected chi connectivity index (χ3v) is 4.74. The van der Waals surface area contributed by atoms with Gasteiger partial charge in [-0.05, 0) is 25.1 Å². The zero-order valence-electron chi connectivity index (χ0n) is 16.1. The van der Waals surface area contributed by atoms with Crippen LogP contribution in [-0.2, 0) is 15.7 Å². The number of ether oxygens (including phenoxy) is 1. The maximum atomic E-state index is 13.0. The first kappa shape index (κ1) is 20.8. The molecule has 1 saturated heterocycles. The number of carbonyl (C=O) groups excluding carboxylic acids is 2. The molecule has 0 aliphatic carbocycles. The first-order valence-corrected chi connectivity index (χ1v) is 9.01. The minimum Gasteiger partial charge on any atom is -0.378 e. The molecule has 10 heteroatoms. The predicted octanol–water partition coefficient (Wildman–Crippen LogP) is 2.13. The maximum absolute atomic E-state index is 13.0. The second-order valence-corrected chi connectivity index (χ2v) is 6.76. The van der Waals surface area contributed by atoms with Gasteiger partial charge in [-0.2, -0.15) is 18.3 Å². The van der Waals surface area contributed by atoms with E-state index >= 15 is 0 Å². The smallest absolute Gasteiger partial charge is 0.378 e. The van der Waals surface area contributed by atoms with Crippen LogP contribution in [0.1, 0.15) is 21.6 Å². The highest BCUT2D eigenvalue weighted by atomic mass is 19.4. The van der Waals surface area contributed by atoms with E-state index in [1.807, 2.05) is 0 Å². The van der Waals surface area contributed by atoms with Crippen molar-refractivity contribution in [3.05, 3.63) is 47.3 Å². The molecule has 7 nitrogen and oxygen atoms in total. The molecule has 3 rings (SSSR count). The summed E-state index contributed by atoms with van der Waals surface area (Å²) < 4.78 is 45.4. The molecule has 0 atom stereocenters. The summed E-state index contributed by atoms with van der Waals surface area (Å²) in [5, 5.41) is 4.07. The molecule has 0 spiro atoms. The van der Waals surface area contributed by atoms with Gasteiger partial charge in [-0.3, -0.25) is 9.59 Å². The molecule has 0 bridgehead atoms. The Labute approximate surface area is 165 Å². The molecule has 0 N–H and O–H groups in total. The van der Waals surface area contributed by atoms with E-state index in [4.69, 9.17) is 4.74 Å². The Morgan fingerprint density at radius 2 is 1.93 bits per heavy atom. The number of hydrogen-bond acceptors (Lipinski definition) is 4. The second-order valence-electron chi connectivity index (χ2n) is 6.76. The summed E-state index contributed by atoms with van der Waals surface area (Å²) in [4.78, 5) is 28.0. The molecule has 0 saturated carbocycles. The van der Waals surface area contributed by atoms with Crippen molar-refractivity contribution in [1.82, 2.24) is 19.6 Å². The van der Waals surface area contributed by atoms with Gasteiger partial charge in [0, 0.05) is 20.1 Å². The van der Waals surface area contributed by atoms with Gasteiger partial charge in [0.2, 0.25) is 5.91 Å². The number of rotatable bonds is 4. The van der Waals surface area contributed by atoms with Crippen molar-refractivity contribution in [3.8, 4) is 5.69 Å². The monoisotopic (exact) mass is 410 g/mol. The summed E-state index contributed by atoms with van der Waals surface area (Å²) in [6.45, 7) is 3.38. The number of aromatic nitrogens is 2. The van der Waals surface area contributed by atoms with E-state index in [1.165, 1.54) is 35.0 Å². The van der Waals surface area contributed by atoms with Crippen molar-refractivity contribution in [2.45, 2.75) is 13.1 Å². The van der Waals surface area contributed by atoms with E-state index in [9.17, 15) is 22.8 Å². The summed E-state index contributed by atoms with van der Waals surface area (Å²) in [6.07, 6.45) is -3.18. The Kier molecular flexibility index (Phi) is 5.92. The lowest BCUT2D eigenvalue weighted by molar-refractivity contribution is -0.137. The average Bonchev–Trinajstić information content (AvgIpc) is 3.08. The van der Waals surface area contributed by atoms with E-state index in [0.717, 1.165) is 12.1 Å². The summed E-state index contributed by atoms with van der Waals surface area (Å²) in [7, 11) is 1.50. The van der Waals surface area contributed by atoms with Gasteiger partial charge in [-0.25, -0.2) is 4.68 Å². The first-order valence-electron chi connectivity index (χ1n) is 9.01. The van der Waals surface area contributed by atoms with Crippen molar-refractivity contribution in [1.29, 1.82) is 0 Å². The van der Waals surface area contributed by atoms with Gasteiger partial charge in [-0.15, -0.1) is 0 Å². The molecule has 1 aliphatic rings. The van der Waals surface area contributed by atoms with Gasteiger partial charge in [0.05, 0.1) is 48.5 Å². The highest BCUT2D eigenvalue weighted by molar-refractivity contribution is 5.97. The Morgan fingerprint density at radius 3 is 2.59 bits per heavy atom. The van der Waals surface area contributed by atoms with E-state index in [2.05, 4.69) is 5.10 Å². The summed E-state index contributed by atoms with van der Waals surface area (Å²) in [6, 6.07) is 4.71. The average molecular weight is 410 g/mol.